The normalized spacial score (nSPS) is 10.9. The molecule has 0 aliphatic carbocycles. The number of hydrogen-bond acceptors (Lipinski definition) is 3. The Hall–Kier alpha value is -1.95. The number of carbonyl (C=O) groups is 1. The zero-order valence-electron chi connectivity index (χ0n) is 13.7. The van der Waals surface area contributed by atoms with Crippen LogP contribution in [0.3, 0.4) is 0 Å². The van der Waals surface area contributed by atoms with Crippen LogP contribution in [0.5, 0.6) is 5.75 Å². The first kappa shape index (κ1) is 18.8. The van der Waals surface area contributed by atoms with E-state index in [0.29, 0.717) is 46.9 Å². The minimum atomic E-state index is -0.0704. The van der Waals surface area contributed by atoms with Crippen molar-refractivity contribution < 1.29 is 9.53 Å². The van der Waals surface area contributed by atoms with Crippen LogP contribution in [0, 0.1) is 0 Å². The Balaban J connectivity index is 1.42. The Morgan fingerprint density at radius 1 is 1.19 bits per heavy atom. The van der Waals surface area contributed by atoms with Gasteiger partial charge in [-0.15, -0.1) is 0 Å². The van der Waals surface area contributed by atoms with Crippen LogP contribution in [0.15, 0.2) is 42.6 Å². The fourth-order valence-electron chi connectivity index (χ4n) is 2.40. The summed E-state index contributed by atoms with van der Waals surface area (Å²) in [7, 11) is 0. The molecule has 0 atom stereocenters. The second-order valence-corrected chi connectivity index (χ2v) is 6.84. The van der Waals surface area contributed by atoms with E-state index in [0.717, 1.165) is 11.3 Å². The quantitative estimate of drug-likeness (QED) is 0.449. The first-order valence-electron chi connectivity index (χ1n) is 8.00. The fraction of sp³-hybridized carbons (Fsp3) is 0.222. The molecule has 8 heteroatoms. The Morgan fingerprint density at radius 2 is 2.04 bits per heavy atom. The minimum absolute atomic E-state index is 0.0704. The van der Waals surface area contributed by atoms with Gasteiger partial charge in [0.05, 0.1) is 23.9 Å². The SMILES string of the molecule is O=C(CCCOc1ccc(Cl)cc1Cl)NCc1cn2c(Cl)cccc2n1. The molecule has 1 amide bonds. The molecule has 0 bridgehead atoms. The van der Waals surface area contributed by atoms with Gasteiger partial charge in [0, 0.05) is 17.6 Å². The van der Waals surface area contributed by atoms with Crippen LogP contribution >= 0.6 is 34.8 Å². The van der Waals surface area contributed by atoms with E-state index in [-0.39, 0.29) is 5.91 Å². The molecule has 1 aromatic carbocycles. The van der Waals surface area contributed by atoms with Crippen LogP contribution in [0.1, 0.15) is 18.5 Å². The van der Waals surface area contributed by atoms with Gasteiger partial charge in [0.15, 0.2) is 0 Å². The molecule has 3 rings (SSSR count). The van der Waals surface area contributed by atoms with Crippen LogP contribution < -0.4 is 10.1 Å². The Labute approximate surface area is 165 Å². The summed E-state index contributed by atoms with van der Waals surface area (Å²) in [4.78, 5) is 16.4. The molecule has 2 aromatic heterocycles. The number of carbonyl (C=O) groups excluding carboxylic acids is 1. The van der Waals surface area contributed by atoms with Crippen molar-refractivity contribution in [3.63, 3.8) is 0 Å². The maximum Gasteiger partial charge on any atom is 0.220 e. The van der Waals surface area contributed by atoms with Gasteiger partial charge in [0.1, 0.15) is 16.5 Å². The molecule has 5 nitrogen and oxygen atoms in total. The van der Waals surface area contributed by atoms with Crippen LogP contribution in [0.4, 0.5) is 0 Å². The van der Waals surface area contributed by atoms with E-state index < -0.39 is 0 Å². The summed E-state index contributed by atoms with van der Waals surface area (Å²) in [5.74, 6) is 0.483. The van der Waals surface area contributed by atoms with Crippen LogP contribution in [0.25, 0.3) is 5.65 Å². The standard InChI is InChI=1S/C18H16Cl3N3O2/c19-12-6-7-15(14(20)9-12)26-8-2-5-18(25)22-10-13-11-24-16(21)3-1-4-17(24)23-13/h1,3-4,6-7,9,11H,2,5,8,10H2,(H,22,25). The number of hydrogen-bond donors (Lipinski definition) is 1. The smallest absolute Gasteiger partial charge is 0.220 e. The lowest BCUT2D eigenvalue weighted by Gasteiger charge is -2.08. The van der Waals surface area contributed by atoms with E-state index in [9.17, 15) is 4.79 Å². The van der Waals surface area contributed by atoms with Crippen LogP contribution in [-0.4, -0.2) is 21.9 Å². The van der Waals surface area contributed by atoms with Gasteiger partial charge < -0.3 is 10.1 Å². The molecule has 0 fully saturated rings. The molecule has 0 spiro atoms. The summed E-state index contributed by atoms with van der Waals surface area (Å²) in [6.45, 7) is 0.736. The molecule has 2 heterocycles. The Bertz CT molecular complexity index is 927. The number of benzene rings is 1. The van der Waals surface area contributed by atoms with Crippen molar-refractivity contribution in [2.24, 2.45) is 0 Å². The van der Waals surface area contributed by atoms with Gasteiger partial charge in [-0.05, 0) is 36.8 Å². The molecule has 0 saturated heterocycles. The molecular weight excluding hydrogens is 397 g/mol. The zero-order valence-corrected chi connectivity index (χ0v) is 16.0. The van der Waals surface area contributed by atoms with E-state index in [1.807, 2.05) is 18.3 Å². The highest BCUT2D eigenvalue weighted by atomic mass is 35.5. The molecule has 136 valence electrons. The Kier molecular flexibility index (Phi) is 6.25. The number of ether oxygens (including phenoxy) is 1. The number of nitrogens with one attached hydrogen (secondary N) is 1. The largest absolute Gasteiger partial charge is 0.492 e. The van der Waals surface area contributed by atoms with E-state index in [1.54, 1.807) is 28.7 Å². The van der Waals surface area contributed by atoms with Gasteiger partial charge >= 0.3 is 0 Å². The second kappa shape index (κ2) is 8.62. The highest BCUT2D eigenvalue weighted by Gasteiger charge is 2.07. The number of rotatable bonds is 7. The first-order chi connectivity index (χ1) is 12.5. The molecule has 26 heavy (non-hydrogen) atoms. The molecule has 0 saturated carbocycles. The van der Waals surface area contributed by atoms with Gasteiger partial charge in [-0.2, -0.15) is 0 Å². The number of imidazole rings is 1. The monoisotopic (exact) mass is 411 g/mol. The molecule has 3 aromatic rings. The summed E-state index contributed by atoms with van der Waals surface area (Å²) in [5.41, 5.74) is 1.49. The van der Waals surface area contributed by atoms with Crippen molar-refractivity contribution in [1.29, 1.82) is 0 Å². The van der Waals surface area contributed by atoms with E-state index in [1.165, 1.54) is 0 Å². The van der Waals surface area contributed by atoms with Gasteiger partial charge in [0.2, 0.25) is 5.91 Å². The number of fused-ring (bicyclic) bond motifs is 1. The third-order valence-corrected chi connectivity index (χ3v) is 4.50. The molecule has 0 aliphatic rings. The second-order valence-electron chi connectivity index (χ2n) is 5.61. The van der Waals surface area contributed by atoms with Crippen molar-refractivity contribution in [1.82, 2.24) is 14.7 Å². The third kappa shape index (κ3) is 4.81. The highest BCUT2D eigenvalue weighted by Crippen LogP contribution is 2.27. The predicted molar refractivity (Wildman–Crippen MR) is 103 cm³/mol. The summed E-state index contributed by atoms with van der Waals surface area (Å²) in [6.07, 6.45) is 2.73. The van der Waals surface area contributed by atoms with Crippen molar-refractivity contribution in [3.8, 4) is 5.75 Å². The summed E-state index contributed by atoms with van der Waals surface area (Å²) in [5, 5.41) is 4.42. The maximum absolute atomic E-state index is 12.0. The number of amides is 1. The molecule has 1 N–H and O–H groups in total. The van der Waals surface area contributed by atoms with Crippen molar-refractivity contribution in [2.75, 3.05) is 6.61 Å². The van der Waals surface area contributed by atoms with Gasteiger partial charge in [-0.1, -0.05) is 40.9 Å². The van der Waals surface area contributed by atoms with E-state index >= 15 is 0 Å². The lowest BCUT2D eigenvalue weighted by molar-refractivity contribution is -0.121. The van der Waals surface area contributed by atoms with E-state index in [4.69, 9.17) is 39.5 Å². The van der Waals surface area contributed by atoms with Gasteiger partial charge in [-0.3, -0.25) is 9.20 Å². The number of pyridine rings is 1. The highest BCUT2D eigenvalue weighted by molar-refractivity contribution is 6.35. The maximum atomic E-state index is 12.0. The average molecular weight is 413 g/mol. The lowest BCUT2D eigenvalue weighted by atomic mass is 10.3. The van der Waals surface area contributed by atoms with Crippen molar-refractivity contribution in [2.45, 2.75) is 19.4 Å². The lowest BCUT2D eigenvalue weighted by Crippen LogP contribution is -2.23. The summed E-state index contributed by atoms with van der Waals surface area (Å²) < 4.78 is 7.33. The van der Waals surface area contributed by atoms with Crippen molar-refractivity contribution in [3.05, 3.63) is 63.5 Å². The Morgan fingerprint density at radius 3 is 2.81 bits per heavy atom. The first-order valence-corrected chi connectivity index (χ1v) is 9.13. The predicted octanol–water partition coefficient (Wildman–Crippen LogP) is 4.77. The fourth-order valence-corrected chi connectivity index (χ4v) is 3.07. The minimum Gasteiger partial charge on any atom is -0.492 e. The molecule has 0 unspecified atom stereocenters. The van der Waals surface area contributed by atoms with Crippen LogP contribution in [0.2, 0.25) is 15.2 Å². The van der Waals surface area contributed by atoms with Gasteiger partial charge in [-0.25, -0.2) is 4.98 Å². The number of aromatic nitrogens is 2. The average Bonchev–Trinajstić information content (AvgIpc) is 3.03. The van der Waals surface area contributed by atoms with Crippen LogP contribution in [-0.2, 0) is 11.3 Å². The zero-order chi connectivity index (χ0) is 18.5. The summed E-state index contributed by atoms with van der Waals surface area (Å²) >= 11 is 18.0. The van der Waals surface area contributed by atoms with E-state index in [2.05, 4.69) is 10.3 Å². The summed E-state index contributed by atoms with van der Waals surface area (Å²) in [6, 6.07) is 10.5. The third-order valence-electron chi connectivity index (χ3n) is 3.66. The number of halogens is 3. The number of nitrogens with zero attached hydrogens (tertiary/aromatic N) is 2. The van der Waals surface area contributed by atoms with Gasteiger partial charge in [0.25, 0.3) is 0 Å². The molecular formula is C18H16Cl3N3O2. The molecule has 0 radical (unpaired) electrons. The topological polar surface area (TPSA) is 55.6 Å². The molecule has 0 aliphatic heterocycles. The van der Waals surface area contributed by atoms with Crippen molar-refractivity contribution >= 4 is 46.4 Å².